The third kappa shape index (κ3) is 4.13. The highest BCUT2D eigenvalue weighted by Gasteiger charge is 2.26. The molecule has 0 unspecified atom stereocenters. The molecule has 0 radical (unpaired) electrons. The highest BCUT2D eigenvalue weighted by Crippen LogP contribution is 2.33. The van der Waals surface area contributed by atoms with Crippen LogP contribution in [-0.2, 0) is 16.1 Å². The van der Waals surface area contributed by atoms with E-state index in [2.05, 4.69) is 10.6 Å². The molecule has 1 aliphatic rings. The van der Waals surface area contributed by atoms with Gasteiger partial charge < -0.3 is 10.6 Å². The molecule has 0 fully saturated rings. The number of carbonyl (C=O) groups excluding carboxylic acids is 2. The molecule has 118 valence electrons. The molecule has 5 heteroatoms. The Morgan fingerprint density at radius 2 is 1.87 bits per heavy atom. The fraction of sp³-hybridized carbons (Fsp3) is 0.222. The van der Waals surface area contributed by atoms with Gasteiger partial charge in [-0.15, -0.1) is 11.8 Å². The first-order valence-corrected chi connectivity index (χ1v) is 8.54. The van der Waals surface area contributed by atoms with Crippen molar-refractivity contribution < 1.29 is 9.59 Å². The van der Waals surface area contributed by atoms with Gasteiger partial charge in [0, 0.05) is 23.6 Å². The Hall–Kier alpha value is -2.27. The van der Waals surface area contributed by atoms with Crippen LogP contribution in [0.3, 0.4) is 0 Å². The number of rotatable bonds is 4. The molecule has 0 saturated carbocycles. The highest BCUT2D eigenvalue weighted by atomic mass is 32.2. The predicted molar refractivity (Wildman–Crippen MR) is 92.2 cm³/mol. The van der Waals surface area contributed by atoms with E-state index in [0.717, 1.165) is 16.1 Å². The normalized spacial score (nSPS) is 16.9. The Balaban J connectivity index is 1.56. The smallest absolute Gasteiger partial charge is 0.228 e. The van der Waals surface area contributed by atoms with Gasteiger partial charge in [0.1, 0.15) is 0 Å². The van der Waals surface area contributed by atoms with E-state index in [4.69, 9.17) is 0 Å². The lowest BCUT2D eigenvalue weighted by atomic mass is 10.1. The van der Waals surface area contributed by atoms with Gasteiger partial charge >= 0.3 is 0 Å². The largest absolute Gasteiger partial charge is 0.352 e. The lowest BCUT2D eigenvalue weighted by molar-refractivity contribution is -0.126. The van der Waals surface area contributed by atoms with Crippen LogP contribution in [0.1, 0.15) is 12.0 Å². The van der Waals surface area contributed by atoms with Crippen LogP contribution in [0.25, 0.3) is 0 Å². The first-order chi connectivity index (χ1) is 11.2. The zero-order chi connectivity index (χ0) is 16.1. The molecule has 2 aromatic rings. The maximum absolute atomic E-state index is 12.3. The summed E-state index contributed by atoms with van der Waals surface area (Å²) in [4.78, 5) is 25.4. The number of anilines is 1. The first-order valence-electron chi connectivity index (χ1n) is 7.55. The van der Waals surface area contributed by atoms with Gasteiger partial charge in [-0.3, -0.25) is 9.59 Å². The van der Waals surface area contributed by atoms with Crippen molar-refractivity contribution in [2.45, 2.75) is 17.9 Å². The molecule has 0 aliphatic carbocycles. The van der Waals surface area contributed by atoms with Crippen molar-refractivity contribution >= 4 is 29.3 Å². The Bertz CT molecular complexity index is 703. The molecule has 0 bridgehead atoms. The summed E-state index contributed by atoms with van der Waals surface area (Å²) in [5.41, 5.74) is 1.88. The van der Waals surface area contributed by atoms with E-state index in [-0.39, 0.29) is 24.2 Å². The Morgan fingerprint density at radius 3 is 2.70 bits per heavy atom. The van der Waals surface area contributed by atoms with Gasteiger partial charge in [-0.25, -0.2) is 0 Å². The molecule has 0 saturated heterocycles. The fourth-order valence-electron chi connectivity index (χ4n) is 2.44. The molecule has 0 spiro atoms. The minimum atomic E-state index is -0.317. The number of nitrogens with one attached hydrogen (secondary N) is 2. The Kier molecular flexibility index (Phi) is 4.98. The molecule has 23 heavy (non-hydrogen) atoms. The molecule has 1 heterocycles. The van der Waals surface area contributed by atoms with Crippen molar-refractivity contribution in [2.75, 3.05) is 11.1 Å². The Labute approximate surface area is 139 Å². The van der Waals surface area contributed by atoms with Crippen LogP contribution in [0.4, 0.5) is 5.69 Å². The van der Waals surface area contributed by atoms with Gasteiger partial charge in [-0.2, -0.15) is 0 Å². The van der Waals surface area contributed by atoms with Crippen molar-refractivity contribution in [2.24, 2.45) is 5.92 Å². The van der Waals surface area contributed by atoms with Crippen LogP contribution in [0.15, 0.2) is 59.5 Å². The topological polar surface area (TPSA) is 58.2 Å². The summed E-state index contributed by atoms with van der Waals surface area (Å²) in [5.74, 6) is 0.114. The summed E-state index contributed by atoms with van der Waals surface area (Å²) in [7, 11) is 0. The number of para-hydroxylation sites is 1. The molecule has 2 amide bonds. The van der Waals surface area contributed by atoms with Gasteiger partial charge in [-0.1, -0.05) is 42.5 Å². The number of carbonyl (C=O) groups is 2. The average molecular weight is 326 g/mol. The van der Waals surface area contributed by atoms with Crippen LogP contribution in [0.2, 0.25) is 0 Å². The second kappa shape index (κ2) is 7.33. The molecule has 2 N–H and O–H groups in total. The van der Waals surface area contributed by atoms with E-state index in [1.165, 1.54) is 0 Å². The van der Waals surface area contributed by atoms with E-state index in [1.54, 1.807) is 11.8 Å². The molecular formula is C18H18N2O2S. The monoisotopic (exact) mass is 326 g/mol. The summed E-state index contributed by atoms with van der Waals surface area (Å²) in [6.07, 6.45) is 0.208. The fourth-order valence-corrected chi connectivity index (χ4v) is 3.54. The summed E-state index contributed by atoms with van der Waals surface area (Å²) >= 11 is 1.61. The van der Waals surface area contributed by atoms with Crippen LogP contribution >= 0.6 is 11.8 Å². The van der Waals surface area contributed by atoms with Gasteiger partial charge in [0.05, 0.1) is 11.6 Å². The van der Waals surface area contributed by atoms with Crippen LogP contribution in [-0.4, -0.2) is 17.6 Å². The molecular weight excluding hydrogens is 308 g/mol. The van der Waals surface area contributed by atoms with Gasteiger partial charge in [0.25, 0.3) is 0 Å². The summed E-state index contributed by atoms with van der Waals surface area (Å²) in [6.45, 7) is 0.487. The maximum Gasteiger partial charge on any atom is 0.228 e. The zero-order valence-electron chi connectivity index (χ0n) is 12.6. The van der Waals surface area contributed by atoms with E-state index in [0.29, 0.717) is 12.3 Å². The van der Waals surface area contributed by atoms with Crippen molar-refractivity contribution in [1.29, 1.82) is 0 Å². The number of hydrogen-bond acceptors (Lipinski definition) is 3. The predicted octanol–water partition coefficient (Wildman–Crippen LogP) is 3.05. The van der Waals surface area contributed by atoms with Crippen molar-refractivity contribution in [1.82, 2.24) is 5.32 Å². The number of benzene rings is 2. The average Bonchev–Trinajstić information content (AvgIpc) is 2.73. The Morgan fingerprint density at radius 1 is 1.13 bits per heavy atom. The quantitative estimate of drug-likeness (QED) is 0.908. The molecule has 0 aromatic heterocycles. The van der Waals surface area contributed by atoms with Gasteiger partial charge in [0.15, 0.2) is 0 Å². The minimum absolute atomic E-state index is 0.0858. The maximum atomic E-state index is 12.3. The second-order valence-electron chi connectivity index (χ2n) is 5.46. The van der Waals surface area contributed by atoms with Crippen molar-refractivity contribution in [3.63, 3.8) is 0 Å². The minimum Gasteiger partial charge on any atom is -0.352 e. The van der Waals surface area contributed by atoms with Gasteiger partial charge in [0.2, 0.25) is 11.8 Å². The number of hydrogen-bond donors (Lipinski definition) is 2. The third-order valence-corrected chi connectivity index (χ3v) is 4.96. The van der Waals surface area contributed by atoms with Crippen LogP contribution in [0.5, 0.6) is 0 Å². The van der Waals surface area contributed by atoms with E-state index >= 15 is 0 Å². The SMILES string of the molecule is O=C(C[C@@H]1CSc2ccccc2NC1=O)NCc1ccccc1. The van der Waals surface area contributed by atoms with Crippen LogP contribution in [0, 0.1) is 5.92 Å². The van der Waals surface area contributed by atoms with E-state index in [1.807, 2.05) is 54.6 Å². The molecule has 1 aliphatic heterocycles. The van der Waals surface area contributed by atoms with E-state index < -0.39 is 0 Å². The molecule has 2 aromatic carbocycles. The highest BCUT2D eigenvalue weighted by molar-refractivity contribution is 7.99. The third-order valence-electron chi connectivity index (χ3n) is 3.72. The van der Waals surface area contributed by atoms with Crippen molar-refractivity contribution in [3.8, 4) is 0 Å². The second-order valence-corrected chi connectivity index (χ2v) is 6.52. The number of amides is 2. The molecule has 3 rings (SSSR count). The lowest BCUT2D eigenvalue weighted by Crippen LogP contribution is -2.31. The summed E-state index contributed by atoms with van der Waals surface area (Å²) in [5, 5.41) is 5.79. The summed E-state index contributed by atoms with van der Waals surface area (Å²) < 4.78 is 0. The standard InChI is InChI=1S/C18H18N2O2S/c21-17(19-11-13-6-2-1-3-7-13)10-14-12-23-16-9-5-4-8-15(16)20-18(14)22/h1-9,14H,10-12H2,(H,19,21)(H,20,22)/t14-/m1/s1. The molecule has 1 atom stereocenters. The zero-order valence-corrected chi connectivity index (χ0v) is 13.4. The van der Waals surface area contributed by atoms with E-state index in [9.17, 15) is 9.59 Å². The first kappa shape index (κ1) is 15.6. The number of fused-ring (bicyclic) bond motifs is 1. The van der Waals surface area contributed by atoms with Crippen molar-refractivity contribution in [3.05, 3.63) is 60.2 Å². The summed E-state index contributed by atoms with van der Waals surface area (Å²) in [6, 6.07) is 17.5. The lowest BCUT2D eigenvalue weighted by Gasteiger charge is -2.12. The number of thioether (sulfide) groups is 1. The van der Waals surface area contributed by atoms with Gasteiger partial charge in [-0.05, 0) is 17.7 Å². The molecule has 4 nitrogen and oxygen atoms in total. The van der Waals surface area contributed by atoms with Crippen LogP contribution < -0.4 is 10.6 Å².